The highest BCUT2D eigenvalue weighted by Gasteiger charge is 2.51. The standard InChI is InChI=1S/C23H21N3O3/c27-22(20-15-8-9-16(10-15)21(20)23(28)29)25-18-11-24-26(13-18)12-17-6-3-5-14-4-1-2-7-19(14)17/h1-9,11,13,15-16,20-21H,10,12H2,(H,25,27)(H,28,29). The number of carboxylic acid groups (broad SMARTS) is 1. The number of aromatic nitrogens is 2. The molecule has 4 atom stereocenters. The van der Waals surface area contributed by atoms with Crippen LogP contribution in [0, 0.1) is 23.7 Å². The number of rotatable bonds is 5. The van der Waals surface area contributed by atoms with Gasteiger partial charge in [-0.15, -0.1) is 0 Å². The number of aliphatic carboxylic acids is 1. The molecule has 29 heavy (non-hydrogen) atoms. The van der Waals surface area contributed by atoms with E-state index in [2.05, 4.69) is 34.7 Å². The van der Waals surface area contributed by atoms with Gasteiger partial charge in [0.25, 0.3) is 0 Å². The second kappa shape index (κ2) is 6.88. The van der Waals surface area contributed by atoms with Crippen LogP contribution in [0.15, 0.2) is 67.0 Å². The molecule has 0 aliphatic heterocycles. The number of amides is 1. The molecule has 2 bridgehead atoms. The van der Waals surface area contributed by atoms with Crippen molar-refractivity contribution in [3.63, 3.8) is 0 Å². The monoisotopic (exact) mass is 387 g/mol. The molecular weight excluding hydrogens is 366 g/mol. The minimum Gasteiger partial charge on any atom is -0.481 e. The van der Waals surface area contributed by atoms with E-state index in [1.165, 1.54) is 10.8 Å². The second-order valence-electron chi connectivity index (χ2n) is 7.89. The van der Waals surface area contributed by atoms with E-state index in [4.69, 9.17) is 0 Å². The summed E-state index contributed by atoms with van der Waals surface area (Å²) in [5.41, 5.74) is 1.74. The summed E-state index contributed by atoms with van der Waals surface area (Å²) in [6.45, 7) is 0.589. The fraction of sp³-hybridized carbons (Fsp3) is 0.261. The number of carbonyl (C=O) groups excluding carboxylic acids is 1. The average molecular weight is 387 g/mol. The molecule has 1 aromatic heterocycles. The van der Waals surface area contributed by atoms with Gasteiger partial charge in [0, 0.05) is 6.20 Å². The van der Waals surface area contributed by atoms with Crippen molar-refractivity contribution in [1.29, 1.82) is 0 Å². The number of benzene rings is 2. The van der Waals surface area contributed by atoms with E-state index in [0.717, 1.165) is 12.0 Å². The summed E-state index contributed by atoms with van der Waals surface area (Å²) in [7, 11) is 0. The minimum atomic E-state index is -0.895. The number of nitrogens with zero attached hydrogens (tertiary/aromatic N) is 2. The summed E-state index contributed by atoms with van der Waals surface area (Å²) >= 11 is 0. The van der Waals surface area contributed by atoms with Gasteiger partial charge in [0.15, 0.2) is 0 Å². The number of hydrogen-bond acceptors (Lipinski definition) is 3. The first kappa shape index (κ1) is 17.7. The molecule has 6 heteroatoms. The largest absolute Gasteiger partial charge is 0.481 e. The van der Waals surface area contributed by atoms with E-state index in [1.54, 1.807) is 17.1 Å². The Morgan fingerprint density at radius 3 is 2.66 bits per heavy atom. The Morgan fingerprint density at radius 2 is 1.83 bits per heavy atom. The molecule has 0 radical (unpaired) electrons. The molecule has 1 saturated carbocycles. The van der Waals surface area contributed by atoms with Crippen molar-refractivity contribution in [2.75, 3.05) is 5.32 Å². The fourth-order valence-corrected chi connectivity index (χ4v) is 4.86. The van der Waals surface area contributed by atoms with Gasteiger partial charge in [0.1, 0.15) is 0 Å². The van der Waals surface area contributed by atoms with Crippen molar-refractivity contribution in [2.24, 2.45) is 23.7 Å². The van der Waals surface area contributed by atoms with E-state index < -0.39 is 17.8 Å². The molecular formula is C23H21N3O3. The van der Waals surface area contributed by atoms with Gasteiger partial charge in [-0.1, -0.05) is 54.6 Å². The molecule has 1 fully saturated rings. The lowest BCUT2D eigenvalue weighted by molar-refractivity contribution is -0.146. The van der Waals surface area contributed by atoms with Gasteiger partial charge in [0.2, 0.25) is 5.91 Å². The van der Waals surface area contributed by atoms with Crippen LogP contribution in [-0.4, -0.2) is 26.8 Å². The molecule has 2 aliphatic carbocycles. The van der Waals surface area contributed by atoms with Gasteiger partial charge in [-0.2, -0.15) is 5.10 Å². The molecule has 1 heterocycles. The first-order valence-electron chi connectivity index (χ1n) is 9.81. The van der Waals surface area contributed by atoms with Crippen molar-refractivity contribution in [3.05, 3.63) is 72.6 Å². The van der Waals surface area contributed by atoms with Crippen molar-refractivity contribution < 1.29 is 14.7 Å². The lowest BCUT2D eigenvalue weighted by atomic mass is 9.82. The molecule has 2 N–H and O–H groups in total. The van der Waals surface area contributed by atoms with Crippen LogP contribution in [0.3, 0.4) is 0 Å². The third-order valence-electron chi connectivity index (χ3n) is 6.16. The first-order chi connectivity index (χ1) is 14.1. The number of carbonyl (C=O) groups is 2. The first-order valence-corrected chi connectivity index (χ1v) is 9.81. The Labute approximate surface area is 167 Å². The molecule has 1 amide bonds. The van der Waals surface area contributed by atoms with Gasteiger partial charge in [0.05, 0.1) is 30.3 Å². The highest BCUT2D eigenvalue weighted by atomic mass is 16.4. The molecule has 0 saturated heterocycles. The van der Waals surface area contributed by atoms with Crippen molar-refractivity contribution in [1.82, 2.24) is 9.78 Å². The van der Waals surface area contributed by atoms with Crippen LogP contribution in [0.5, 0.6) is 0 Å². The Hall–Kier alpha value is -3.41. The van der Waals surface area contributed by atoms with E-state index in [0.29, 0.717) is 12.2 Å². The van der Waals surface area contributed by atoms with Gasteiger partial charge >= 0.3 is 5.97 Å². The Balaban J connectivity index is 1.32. The van der Waals surface area contributed by atoms with Crippen LogP contribution in [0.1, 0.15) is 12.0 Å². The normalized spacial score (nSPS) is 24.8. The molecule has 3 aromatic rings. The third kappa shape index (κ3) is 3.10. The van der Waals surface area contributed by atoms with E-state index in [-0.39, 0.29) is 17.7 Å². The smallest absolute Gasteiger partial charge is 0.307 e. The second-order valence-corrected chi connectivity index (χ2v) is 7.89. The van der Waals surface area contributed by atoms with Gasteiger partial charge in [-0.25, -0.2) is 0 Å². The topological polar surface area (TPSA) is 84.2 Å². The summed E-state index contributed by atoms with van der Waals surface area (Å²) < 4.78 is 1.78. The number of carboxylic acids is 1. The molecule has 4 unspecified atom stereocenters. The van der Waals surface area contributed by atoms with E-state index in [9.17, 15) is 14.7 Å². The molecule has 6 nitrogen and oxygen atoms in total. The third-order valence-corrected chi connectivity index (χ3v) is 6.16. The Kier molecular flexibility index (Phi) is 4.19. The van der Waals surface area contributed by atoms with Gasteiger partial charge in [-0.05, 0) is 34.6 Å². The molecule has 2 aliphatic rings. The number of allylic oxidation sites excluding steroid dienone is 2. The summed E-state index contributed by atoms with van der Waals surface area (Å²) in [5, 5.41) is 19.1. The van der Waals surface area contributed by atoms with Crippen molar-refractivity contribution in [2.45, 2.75) is 13.0 Å². The molecule has 0 spiro atoms. The maximum absolute atomic E-state index is 12.8. The maximum Gasteiger partial charge on any atom is 0.307 e. The van der Waals surface area contributed by atoms with Crippen LogP contribution in [0.2, 0.25) is 0 Å². The van der Waals surface area contributed by atoms with Crippen LogP contribution < -0.4 is 5.32 Å². The predicted molar refractivity (Wildman–Crippen MR) is 109 cm³/mol. The number of fused-ring (bicyclic) bond motifs is 3. The summed E-state index contributed by atoms with van der Waals surface area (Å²) in [4.78, 5) is 24.5. The lowest BCUT2D eigenvalue weighted by Crippen LogP contribution is -2.36. The average Bonchev–Trinajstić information content (AvgIpc) is 3.44. The zero-order valence-corrected chi connectivity index (χ0v) is 15.7. The predicted octanol–water partition coefficient (Wildman–Crippen LogP) is 3.55. The highest BCUT2D eigenvalue weighted by Crippen LogP contribution is 2.48. The zero-order chi connectivity index (χ0) is 20.0. The Morgan fingerprint density at radius 1 is 1.07 bits per heavy atom. The number of nitrogens with one attached hydrogen (secondary N) is 1. The van der Waals surface area contributed by atoms with Gasteiger partial charge in [-0.3, -0.25) is 14.3 Å². The van der Waals surface area contributed by atoms with Crippen LogP contribution in [-0.2, 0) is 16.1 Å². The lowest BCUT2D eigenvalue weighted by Gasteiger charge is -2.23. The summed E-state index contributed by atoms with van der Waals surface area (Å²) in [5.74, 6) is -2.33. The number of anilines is 1. The van der Waals surface area contributed by atoms with Crippen molar-refractivity contribution >= 4 is 28.3 Å². The molecule has 146 valence electrons. The van der Waals surface area contributed by atoms with E-state index >= 15 is 0 Å². The van der Waals surface area contributed by atoms with Crippen LogP contribution in [0.25, 0.3) is 10.8 Å². The quantitative estimate of drug-likeness (QED) is 0.656. The van der Waals surface area contributed by atoms with Crippen LogP contribution >= 0.6 is 0 Å². The Bertz CT molecular complexity index is 1130. The fourth-order valence-electron chi connectivity index (χ4n) is 4.86. The maximum atomic E-state index is 12.8. The summed E-state index contributed by atoms with van der Waals surface area (Å²) in [6, 6.07) is 14.4. The molecule has 5 rings (SSSR count). The van der Waals surface area contributed by atoms with Crippen molar-refractivity contribution in [3.8, 4) is 0 Å². The minimum absolute atomic E-state index is 0.00632. The molecule has 2 aromatic carbocycles. The van der Waals surface area contributed by atoms with Gasteiger partial charge < -0.3 is 10.4 Å². The zero-order valence-electron chi connectivity index (χ0n) is 15.7. The SMILES string of the molecule is O=C(O)C1C2C=CC(C2)C1C(=O)Nc1cnn(Cc2cccc3ccccc23)c1. The number of hydrogen-bond donors (Lipinski definition) is 2. The summed E-state index contributed by atoms with van der Waals surface area (Å²) in [6.07, 6.45) is 8.07. The van der Waals surface area contributed by atoms with Crippen LogP contribution in [0.4, 0.5) is 5.69 Å². The highest BCUT2D eigenvalue weighted by molar-refractivity contribution is 5.96. The van der Waals surface area contributed by atoms with E-state index in [1.807, 2.05) is 30.4 Å².